The van der Waals surface area contributed by atoms with Gasteiger partial charge in [0, 0.05) is 11.4 Å². The number of hydrazine groups is 1. The first-order chi connectivity index (χ1) is 12.4. The number of pyridine rings is 1. The number of aryl methyl sites for hydroxylation is 1. The van der Waals surface area contributed by atoms with Crippen LogP contribution < -0.4 is 10.9 Å². The van der Waals surface area contributed by atoms with Crippen LogP contribution in [0.15, 0.2) is 36.5 Å². The van der Waals surface area contributed by atoms with Gasteiger partial charge in [-0.2, -0.15) is 5.10 Å². The second-order valence-corrected chi connectivity index (χ2v) is 6.51. The summed E-state index contributed by atoms with van der Waals surface area (Å²) in [7, 11) is 0. The Labute approximate surface area is 155 Å². The number of carbonyl (C=O) groups is 2. The standard InChI is InChI=1S/C18H18ClN5O2/c1-10(2)24-16-12(9-20-24)8-14(11(3)21-16)18(26)23-22-17(25)13-6-4-5-7-15(13)19/h4-10H,1-3H3,(H,22,25)(H,23,26). The van der Waals surface area contributed by atoms with E-state index in [2.05, 4.69) is 20.9 Å². The Kier molecular flexibility index (Phi) is 4.90. The van der Waals surface area contributed by atoms with Gasteiger partial charge in [0.1, 0.15) is 0 Å². The summed E-state index contributed by atoms with van der Waals surface area (Å²) in [4.78, 5) is 29.1. The average molecular weight is 372 g/mol. The Morgan fingerprint density at radius 1 is 1.12 bits per heavy atom. The maximum atomic E-state index is 12.4. The lowest BCUT2D eigenvalue weighted by atomic mass is 10.1. The summed E-state index contributed by atoms with van der Waals surface area (Å²) < 4.78 is 1.79. The van der Waals surface area contributed by atoms with E-state index in [4.69, 9.17) is 11.6 Å². The molecule has 2 amide bonds. The van der Waals surface area contributed by atoms with E-state index in [0.717, 1.165) is 5.39 Å². The van der Waals surface area contributed by atoms with Gasteiger partial charge >= 0.3 is 0 Å². The average Bonchev–Trinajstić information content (AvgIpc) is 3.02. The van der Waals surface area contributed by atoms with E-state index < -0.39 is 11.8 Å². The van der Waals surface area contributed by atoms with Gasteiger partial charge < -0.3 is 0 Å². The largest absolute Gasteiger partial charge is 0.271 e. The molecule has 3 aromatic rings. The molecule has 0 aliphatic carbocycles. The topological polar surface area (TPSA) is 88.9 Å². The molecule has 0 unspecified atom stereocenters. The Hall–Kier alpha value is -2.93. The van der Waals surface area contributed by atoms with Crippen LogP contribution in [0.3, 0.4) is 0 Å². The van der Waals surface area contributed by atoms with Crippen molar-refractivity contribution in [3.63, 3.8) is 0 Å². The highest BCUT2D eigenvalue weighted by atomic mass is 35.5. The Balaban J connectivity index is 1.79. The molecular formula is C18H18ClN5O2. The SMILES string of the molecule is Cc1nc2c(cnn2C(C)C)cc1C(=O)NNC(=O)c1ccccc1Cl. The molecule has 134 valence electrons. The lowest BCUT2D eigenvalue weighted by molar-refractivity contribution is 0.0846. The highest BCUT2D eigenvalue weighted by Gasteiger charge is 2.16. The molecule has 0 saturated heterocycles. The van der Waals surface area contributed by atoms with Crippen LogP contribution in [0.4, 0.5) is 0 Å². The number of carbonyl (C=O) groups excluding carboxylic acids is 2. The number of amides is 2. The molecule has 8 heteroatoms. The first-order valence-corrected chi connectivity index (χ1v) is 8.46. The van der Waals surface area contributed by atoms with Gasteiger partial charge in [-0.05, 0) is 39.0 Å². The van der Waals surface area contributed by atoms with Crippen molar-refractivity contribution in [1.82, 2.24) is 25.6 Å². The molecule has 0 aliphatic rings. The third-order valence-electron chi connectivity index (χ3n) is 3.90. The summed E-state index contributed by atoms with van der Waals surface area (Å²) in [6.45, 7) is 5.75. The molecule has 2 heterocycles. The molecular weight excluding hydrogens is 354 g/mol. The molecule has 3 rings (SSSR count). The number of rotatable bonds is 3. The Morgan fingerprint density at radius 3 is 2.42 bits per heavy atom. The fourth-order valence-corrected chi connectivity index (χ4v) is 2.79. The predicted octanol–water partition coefficient (Wildman–Crippen LogP) is 3.05. The highest BCUT2D eigenvalue weighted by Crippen LogP contribution is 2.19. The van der Waals surface area contributed by atoms with E-state index in [1.165, 1.54) is 0 Å². The van der Waals surface area contributed by atoms with E-state index >= 15 is 0 Å². The number of aromatic nitrogens is 3. The van der Waals surface area contributed by atoms with Crippen LogP contribution in [-0.4, -0.2) is 26.6 Å². The molecule has 0 fully saturated rings. The van der Waals surface area contributed by atoms with Gasteiger partial charge in [0.05, 0.1) is 28.0 Å². The van der Waals surface area contributed by atoms with Crippen molar-refractivity contribution in [3.8, 4) is 0 Å². The van der Waals surface area contributed by atoms with Gasteiger partial charge in [0.25, 0.3) is 11.8 Å². The first-order valence-electron chi connectivity index (χ1n) is 8.08. The molecule has 0 aliphatic heterocycles. The minimum atomic E-state index is -0.497. The summed E-state index contributed by atoms with van der Waals surface area (Å²) in [5, 5.41) is 5.36. The predicted molar refractivity (Wildman–Crippen MR) is 99.0 cm³/mol. The normalized spacial score (nSPS) is 11.0. The summed E-state index contributed by atoms with van der Waals surface area (Å²) in [5.41, 5.74) is 6.66. The number of fused-ring (bicyclic) bond motifs is 1. The van der Waals surface area contributed by atoms with E-state index in [-0.39, 0.29) is 11.6 Å². The number of benzene rings is 1. The highest BCUT2D eigenvalue weighted by molar-refractivity contribution is 6.33. The molecule has 0 spiro atoms. The van der Waals surface area contributed by atoms with Crippen molar-refractivity contribution >= 4 is 34.4 Å². The van der Waals surface area contributed by atoms with Crippen LogP contribution in [0.5, 0.6) is 0 Å². The Bertz CT molecular complexity index is 996. The molecule has 0 saturated carbocycles. The number of nitrogens with one attached hydrogen (secondary N) is 2. The maximum Gasteiger partial charge on any atom is 0.271 e. The van der Waals surface area contributed by atoms with Gasteiger partial charge in [-0.25, -0.2) is 9.67 Å². The van der Waals surface area contributed by atoms with E-state index in [0.29, 0.717) is 21.9 Å². The van der Waals surface area contributed by atoms with Gasteiger partial charge in [0.2, 0.25) is 0 Å². The summed E-state index contributed by atoms with van der Waals surface area (Å²) in [5.74, 6) is -0.960. The van der Waals surface area contributed by atoms with Crippen LogP contribution in [0, 0.1) is 6.92 Å². The summed E-state index contributed by atoms with van der Waals surface area (Å²) in [6, 6.07) is 8.46. The van der Waals surface area contributed by atoms with Crippen molar-refractivity contribution in [3.05, 3.63) is 58.4 Å². The van der Waals surface area contributed by atoms with E-state index in [1.807, 2.05) is 13.8 Å². The quantitative estimate of drug-likeness (QED) is 0.692. The lowest BCUT2D eigenvalue weighted by Crippen LogP contribution is -2.42. The molecule has 0 atom stereocenters. The molecule has 1 aromatic carbocycles. The zero-order valence-corrected chi connectivity index (χ0v) is 15.3. The summed E-state index contributed by atoms with van der Waals surface area (Å²) >= 11 is 5.98. The van der Waals surface area contributed by atoms with E-state index in [9.17, 15) is 9.59 Å². The number of hydrogen-bond acceptors (Lipinski definition) is 4. The molecule has 0 radical (unpaired) electrons. The fraction of sp³-hybridized carbons (Fsp3) is 0.222. The van der Waals surface area contributed by atoms with Gasteiger partial charge in [-0.1, -0.05) is 23.7 Å². The van der Waals surface area contributed by atoms with Crippen molar-refractivity contribution in [2.75, 3.05) is 0 Å². The molecule has 0 bridgehead atoms. The van der Waals surface area contributed by atoms with Gasteiger partial charge in [-0.3, -0.25) is 20.4 Å². The van der Waals surface area contributed by atoms with Crippen molar-refractivity contribution in [2.24, 2.45) is 0 Å². The zero-order valence-electron chi connectivity index (χ0n) is 14.6. The fourth-order valence-electron chi connectivity index (χ4n) is 2.57. The van der Waals surface area contributed by atoms with Crippen molar-refractivity contribution in [2.45, 2.75) is 26.8 Å². The summed E-state index contributed by atoms with van der Waals surface area (Å²) in [6.07, 6.45) is 1.67. The van der Waals surface area contributed by atoms with E-state index in [1.54, 1.807) is 48.1 Å². The number of hydrogen-bond donors (Lipinski definition) is 2. The lowest BCUT2D eigenvalue weighted by Gasteiger charge is -2.11. The third kappa shape index (κ3) is 3.39. The Morgan fingerprint density at radius 2 is 1.77 bits per heavy atom. The molecule has 7 nitrogen and oxygen atoms in total. The van der Waals surface area contributed by atoms with Gasteiger partial charge in [-0.15, -0.1) is 0 Å². The monoisotopic (exact) mass is 371 g/mol. The number of halogens is 1. The molecule has 2 N–H and O–H groups in total. The van der Waals surface area contributed by atoms with Gasteiger partial charge in [0.15, 0.2) is 5.65 Å². The zero-order chi connectivity index (χ0) is 18.8. The van der Waals surface area contributed by atoms with Crippen molar-refractivity contribution < 1.29 is 9.59 Å². The molecule has 26 heavy (non-hydrogen) atoms. The van der Waals surface area contributed by atoms with Crippen LogP contribution in [0.25, 0.3) is 11.0 Å². The minimum Gasteiger partial charge on any atom is -0.267 e. The van der Waals surface area contributed by atoms with Crippen LogP contribution in [0.2, 0.25) is 5.02 Å². The third-order valence-corrected chi connectivity index (χ3v) is 4.23. The van der Waals surface area contributed by atoms with Crippen LogP contribution >= 0.6 is 11.6 Å². The maximum absolute atomic E-state index is 12.4. The number of nitrogens with zero attached hydrogens (tertiary/aromatic N) is 3. The first kappa shape index (κ1) is 17.9. The van der Waals surface area contributed by atoms with Crippen LogP contribution in [0.1, 0.15) is 46.3 Å². The molecule has 2 aromatic heterocycles. The minimum absolute atomic E-state index is 0.161. The van der Waals surface area contributed by atoms with Crippen LogP contribution in [-0.2, 0) is 0 Å². The second kappa shape index (κ2) is 7.13. The second-order valence-electron chi connectivity index (χ2n) is 6.11. The smallest absolute Gasteiger partial charge is 0.267 e. The van der Waals surface area contributed by atoms with Crippen molar-refractivity contribution in [1.29, 1.82) is 0 Å².